The molecule has 9 nitrogen and oxygen atoms in total. The molecule has 0 fully saturated rings. The van der Waals surface area contributed by atoms with Crippen molar-refractivity contribution in [3.8, 4) is 0 Å². The first kappa shape index (κ1) is 33.4. The Kier molecular flexibility index (Phi) is 13.8. The van der Waals surface area contributed by atoms with Gasteiger partial charge in [-0.05, 0) is 43.3 Å². The Bertz CT molecular complexity index is 942. The number of ether oxygens (including phenoxy) is 2. The van der Waals surface area contributed by atoms with Crippen LogP contribution >= 0.6 is 0 Å². The smallest absolute Gasteiger partial charge is 0.307 e. The lowest BCUT2D eigenvalue weighted by Gasteiger charge is -2.36. The third kappa shape index (κ3) is 10.3. The highest BCUT2D eigenvalue weighted by molar-refractivity contribution is 6.01. The maximum absolute atomic E-state index is 12.9. The van der Waals surface area contributed by atoms with E-state index >= 15 is 0 Å². The molecule has 5 atom stereocenters. The standard InChI is InChI=1S/C29H44O9/c1-7-9-10-11-18(3)12-13-20-19(4)26(34)23(16-29(20,5)6)38-25(33)15-14-24(32)37-17-22(31)28(36)27(35)21(30)8-2/h9-13,21-23,27-28,30-31,35-36H,7-8,14-17H2,1-6H3/b10-9+,13-12+,18-11+. The Labute approximate surface area is 225 Å². The monoisotopic (exact) mass is 536 g/mol. The van der Waals surface area contributed by atoms with Crippen molar-refractivity contribution in [1.82, 2.24) is 0 Å². The summed E-state index contributed by atoms with van der Waals surface area (Å²) in [6, 6.07) is 0. The molecule has 1 aliphatic rings. The third-order valence-corrected chi connectivity index (χ3v) is 6.51. The predicted molar refractivity (Wildman–Crippen MR) is 143 cm³/mol. The van der Waals surface area contributed by atoms with Gasteiger partial charge in [-0.15, -0.1) is 0 Å². The summed E-state index contributed by atoms with van der Waals surface area (Å²) in [6.45, 7) is 10.7. The van der Waals surface area contributed by atoms with Gasteiger partial charge in [0.1, 0.15) is 24.9 Å². The first-order valence-corrected chi connectivity index (χ1v) is 13.1. The van der Waals surface area contributed by atoms with Crippen molar-refractivity contribution in [3.63, 3.8) is 0 Å². The number of esters is 2. The number of carbonyl (C=O) groups excluding carboxylic acids is 3. The average Bonchev–Trinajstić information content (AvgIpc) is 2.87. The molecule has 5 unspecified atom stereocenters. The molecule has 9 heteroatoms. The van der Waals surface area contributed by atoms with Crippen molar-refractivity contribution in [2.24, 2.45) is 5.41 Å². The van der Waals surface area contributed by atoms with Crippen molar-refractivity contribution in [3.05, 3.63) is 47.1 Å². The zero-order valence-corrected chi connectivity index (χ0v) is 23.3. The molecule has 0 bridgehead atoms. The summed E-state index contributed by atoms with van der Waals surface area (Å²) in [6.07, 6.45) is 3.51. The van der Waals surface area contributed by atoms with E-state index in [0.29, 0.717) is 12.0 Å². The van der Waals surface area contributed by atoms with Gasteiger partial charge < -0.3 is 29.9 Å². The quantitative estimate of drug-likeness (QED) is 0.194. The molecule has 0 saturated carbocycles. The molecular formula is C29H44O9. The fourth-order valence-electron chi connectivity index (χ4n) is 4.09. The summed E-state index contributed by atoms with van der Waals surface area (Å²) in [7, 11) is 0. The number of Topliss-reactive ketones (excluding diaryl/α,β-unsaturated/α-hetero) is 1. The van der Waals surface area contributed by atoms with Gasteiger partial charge in [-0.25, -0.2) is 0 Å². The van der Waals surface area contributed by atoms with Crippen LogP contribution in [0.2, 0.25) is 0 Å². The molecule has 0 saturated heterocycles. The Morgan fingerprint density at radius 2 is 1.66 bits per heavy atom. The molecule has 4 N–H and O–H groups in total. The molecule has 0 aromatic heterocycles. The maximum atomic E-state index is 12.9. The summed E-state index contributed by atoms with van der Waals surface area (Å²) in [5.41, 5.74) is 2.01. The zero-order valence-electron chi connectivity index (χ0n) is 23.3. The highest BCUT2D eigenvalue weighted by Gasteiger charge is 2.40. The molecule has 0 heterocycles. The second kappa shape index (κ2) is 15.7. The Balaban J connectivity index is 2.67. The lowest BCUT2D eigenvalue weighted by atomic mass is 9.71. The van der Waals surface area contributed by atoms with Crippen LogP contribution < -0.4 is 0 Å². The number of aliphatic hydroxyl groups excluding tert-OH is 4. The van der Waals surface area contributed by atoms with E-state index in [4.69, 9.17) is 9.47 Å². The highest BCUT2D eigenvalue weighted by atomic mass is 16.6. The maximum Gasteiger partial charge on any atom is 0.307 e. The number of rotatable bonds is 14. The molecular weight excluding hydrogens is 492 g/mol. The number of allylic oxidation sites excluding steroid dienone is 7. The molecule has 214 valence electrons. The van der Waals surface area contributed by atoms with E-state index in [9.17, 15) is 34.8 Å². The number of hydrogen-bond donors (Lipinski definition) is 4. The Hall–Kier alpha value is -2.59. The largest absolute Gasteiger partial charge is 0.463 e. The predicted octanol–water partition coefficient (Wildman–Crippen LogP) is 2.86. The number of carbonyl (C=O) groups is 3. The second-order valence-corrected chi connectivity index (χ2v) is 10.3. The minimum Gasteiger partial charge on any atom is -0.463 e. The average molecular weight is 537 g/mol. The first-order chi connectivity index (χ1) is 17.7. The number of ketones is 1. The number of hydrogen-bond acceptors (Lipinski definition) is 9. The van der Waals surface area contributed by atoms with Crippen molar-refractivity contribution in [2.75, 3.05) is 6.61 Å². The topological polar surface area (TPSA) is 151 Å². The Morgan fingerprint density at radius 3 is 2.26 bits per heavy atom. The van der Waals surface area contributed by atoms with Crippen LogP contribution in [0.4, 0.5) is 0 Å². The van der Waals surface area contributed by atoms with Gasteiger partial charge in [-0.3, -0.25) is 14.4 Å². The van der Waals surface area contributed by atoms with E-state index in [-0.39, 0.29) is 25.0 Å². The van der Waals surface area contributed by atoms with Gasteiger partial charge in [-0.2, -0.15) is 0 Å². The fourth-order valence-corrected chi connectivity index (χ4v) is 4.09. The molecule has 0 spiro atoms. The van der Waals surface area contributed by atoms with Crippen LogP contribution in [-0.2, 0) is 23.9 Å². The normalized spacial score (nSPS) is 21.5. The third-order valence-electron chi connectivity index (χ3n) is 6.51. The summed E-state index contributed by atoms with van der Waals surface area (Å²) < 4.78 is 10.3. The van der Waals surface area contributed by atoms with Gasteiger partial charge in [0.05, 0.1) is 18.9 Å². The zero-order chi connectivity index (χ0) is 29.0. The van der Waals surface area contributed by atoms with Crippen LogP contribution in [0.25, 0.3) is 0 Å². The SMILES string of the molecule is CC/C=C/C=C(C)/C=C/C1=C(C)C(=O)C(OC(=O)CCC(=O)OCC(O)C(O)C(O)C(O)CC)CC1(C)C. The lowest BCUT2D eigenvalue weighted by Crippen LogP contribution is -2.46. The summed E-state index contributed by atoms with van der Waals surface area (Å²) >= 11 is 0. The van der Waals surface area contributed by atoms with Gasteiger partial charge in [0.2, 0.25) is 0 Å². The first-order valence-electron chi connectivity index (χ1n) is 13.1. The van der Waals surface area contributed by atoms with Crippen molar-refractivity contribution in [2.45, 2.75) is 104 Å². The van der Waals surface area contributed by atoms with Crippen LogP contribution in [0, 0.1) is 5.41 Å². The van der Waals surface area contributed by atoms with Crippen LogP contribution in [0.3, 0.4) is 0 Å². The molecule has 1 aliphatic carbocycles. The van der Waals surface area contributed by atoms with E-state index < -0.39 is 54.5 Å². The van der Waals surface area contributed by atoms with Crippen molar-refractivity contribution < 1.29 is 44.3 Å². The molecule has 38 heavy (non-hydrogen) atoms. The molecule has 0 amide bonds. The number of aliphatic hydroxyl groups is 4. The minimum atomic E-state index is -1.71. The molecule has 0 aromatic rings. The van der Waals surface area contributed by atoms with Crippen molar-refractivity contribution >= 4 is 17.7 Å². The lowest BCUT2D eigenvalue weighted by molar-refractivity contribution is -0.161. The molecule has 0 aliphatic heterocycles. The molecule has 1 rings (SSSR count). The van der Waals surface area contributed by atoms with Crippen LogP contribution in [0.5, 0.6) is 0 Å². The van der Waals surface area contributed by atoms with Gasteiger partial charge in [0.15, 0.2) is 11.9 Å². The van der Waals surface area contributed by atoms with E-state index in [1.807, 2.05) is 51.2 Å². The van der Waals surface area contributed by atoms with Gasteiger partial charge in [-0.1, -0.05) is 63.6 Å². The van der Waals surface area contributed by atoms with Gasteiger partial charge in [0.25, 0.3) is 0 Å². The van der Waals surface area contributed by atoms with E-state index in [1.54, 1.807) is 13.8 Å². The summed E-state index contributed by atoms with van der Waals surface area (Å²) in [4.78, 5) is 37.3. The Morgan fingerprint density at radius 1 is 1.05 bits per heavy atom. The fraction of sp³-hybridized carbons (Fsp3) is 0.621. The van der Waals surface area contributed by atoms with Gasteiger partial charge >= 0.3 is 11.9 Å². The highest BCUT2D eigenvalue weighted by Crippen LogP contribution is 2.40. The summed E-state index contributed by atoms with van der Waals surface area (Å²) in [5, 5.41) is 39.0. The van der Waals surface area contributed by atoms with Crippen molar-refractivity contribution in [1.29, 1.82) is 0 Å². The van der Waals surface area contributed by atoms with Gasteiger partial charge in [0, 0.05) is 6.42 Å². The van der Waals surface area contributed by atoms with Crippen LogP contribution in [0.1, 0.15) is 73.6 Å². The minimum absolute atomic E-state index is 0.162. The van der Waals surface area contributed by atoms with E-state index in [1.165, 1.54) is 0 Å². The van der Waals surface area contributed by atoms with E-state index in [2.05, 4.69) is 6.92 Å². The second-order valence-electron chi connectivity index (χ2n) is 10.3. The summed E-state index contributed by atoms with van der Waals surface area (Å²) in [5.74, 6) is -1.83. The molecule has 0 radical (unpaired) electrons. The van der Waals surface area contributed by atoms with Crippen LogP contribution in [-0.4, -0.2) is 75.3 Å². The van der Waals surface area contributed by atoms with Crippen LogP contribution in [0.15, 0.2) is 47.1 Å². The molecule has 0 aromatic carbocycles. The van der Waals surface area contributed by atoms with E-state index in [0.717, 1.165) is 17.6 Å².